The summed E-state index contributed by atoms with van der Waals surface area (Å²) in [6.45, 7) is 2.01. The smallest absolute Gasteiger partial charge is 0.121 e. The summed E-state index contributed by atoms with van der Waals surface area (Å²) in [6, 6.07) is 5.93. The van der Waals surface area contributed by atoms with Crippen molar-refractivity contribution in [3.63, 3.8) is 0 Å². The maximum atomic E-state index is 5.14. The Morgan fingerprint density at radius 2 is 2.23 bits per heavy atom. The minimum atomic E-state index is 0.904. The van der Waals surface area contributed by atoms with Gasteiger partial charge in [-0.15, -0.1) is 0 Å². The number of ether oxygens (including phenoxy) is 1. The zero-order valence-electron chi connectivity index (χ0n) is 8.16. The molecule has 1 aromatic rings. The maximum absolute atomic E-state index is 5.14. The number of aryl methyl sites for hydroxylation is 1. The van der Waals surface area contributed by atoms with Gasteiger partial charge in [0.25, 0.3) is 0 Å². The lowest BCUT2D eigenvalue weighted by atomic mass is 10.1. The lowest BCUT2D eigenvalue weighted by molar-refractivity contribution is 0.411. The average Bonchev–Trinajstić information content (AvgIpc) is 2.15. The van der Waals surface area contributed by atoms with E-state index in [0.717, 1.165) is 16.9 Å². The van der Waals surface area contributed by atoms with Crippen molar-refractivity contribution in [2.75, 3.05) is 14.2 Å². The molecule has 70 valence electrons. The molecule has 0 radical (unpaired) electrons. The van der Waals surface area contributed by atoms with Gasteiger partial charge in [-0.2, -0.15) is 5.10 Å². The zero-order chi connectivity index (χ0) is 9.68. The first-order valence-corrected chi connectivity index (χ1v) is 4.12. The molecule has 0 saturated carbocycles. The van der Waals surface area contributed by atoms with Gasteiger partial charge in [0, 0.05) is 7.05 Å². The van der Waals surface area contributed by atoms with Gasteiger partial charge in [0.2, 0.25) is 0 Å². The number of nitrogens with zero attached hydrogens (tertiary/aromatic N) is 1. The molecule has 0 spiro atoms. The van der Waals surface area contributed by atoms with E-state index in [0.29, 0.717) is 0 Å². The van der Waals surface area contributed by atoms with Crippen LogP contribution in [0.5, 0.6) is 5.75 Å². The predicted octanol–water partition coefficient (Wildman–Crippen LogP) is 1.56. The van der Waals surface area contributed by atoms with Crippen LogP contribution >= 0.6 is 0 Å². The second-order valence-corrected chi connectivity index (χ2v) is 2.71. The highest BCUT2D eigenvalue weighted by atomic mass is 16.5. The molecule has 1 N–H and O–H groups in total. The molecule has 0 bridgehead atoms. The molecule has 0 aromatic heterocycles. The molecule has 0 aliphatic heterocycles. The summed E-state index contributed by atoms with van der Waals surface area (Å²) in [6.07, 6.45) is 1.77. The lowest BCUT2D eigenvalue weighted by Crippen LogP contribution is -1.95. The Hall–Kier alpha value is -1.51. The van der Waals surface area contributed by atoms with Crippen molar-refractivity contribution in [1.29, 1.82) is 0 Å². The first-order valence-electron chi connectivity index (χ1n) is 4.12. The molecule has 0 amide bonds. The third-order valence-electron chi connectivity index (χ3n) is 1.76. The molecular formula is C10H14N2O. The van der Waals surface area contributed by atoms with Gasteiger partial charge in [0.15, 0.2) is 0 Å². The van der Waals surface area contributed by atoms with Crippen LogP contribution in [0, 0.1) is 6.92 Å². The standard InChI is InChI=1S/C10H14N2O/c1-8-6-9(7-12-11-2)4-5-10(8)13-3/h4-7,11H,1-3H3/b12-7+. The molecule has 0 atom stereocenters. The maximum Gasteiger partial charge on any atom is 0.121 e. The summed E-state index contributed by atoms with van der Waals surface area (Å²) in [5.41, 5.74) is 4.88. The fourth-order valence-corrected chi connectivity index (χ4v) is 1.12. The Bertz CT molecular complexity index is 308. The monoisotopic (exact) mass is 178 g/mol. The minimum Gasteiger partial charge on any atom is -0.496 e. The van der Waals surface area contributed by atoms with E-state index in [1.807, 2.05) is 25.1 Å². The molecule has 0 aliphatic carbocycles. The molecule has 3 nitrogen and oxygen atoms in total. The summed E-state index contributed by atoms with van der Waals surface area (Å²) in [5.74, 6) is 0.904. The Morgan fingerprint density at radius 3 is 2.77 bits per heavy atom. The van der Waals surface area contributed by atoms with Crippen molar-refractivity contribution in [2.24, 2.45) is 5.10 Å². The Kier molecular flexibility index (Phi) is 3.31. The van der Waals surface area contributed by atoms with Gasteiger partial charge in [-0.1, -0.05) is 0 Å². The van der Waals surface area contributed by atoms with E-state index in [2.05, 4.69) is 10.5 Å². The number of benzene rings is 1. The molecule has 1 aromatic carbocycles. The first kappa shape index (κ1) is 9.58. The molecule has 13 heavy (non-hydrogen) atoms. The van der Waals surface area contributed by atoms with Crippen molar-refractivity contribution in [3.05, 3.63) is 29.3 Å². The van der Waals surface area contributed by atoms with E-state index in [-0.39, 0.29) is 0 Å². The van der Waals surface area contributed by atoms with Crippen molar-refractivity contribution < 1.29 is 4.74 Å². The van der Waals surface area contributed by atoms with Crippen LogP contribution < -0.4 is 10.2 Å². The number of hydrogen-bond donors (Lipinski definition) is 1. The normalized spacial score (nSPS) is 10.4. The molecule has 0 heterocycles. The Balaban J connectivity index is 2.89. The number of rotatable bonds is 3. The topological polar surface area (TPSA) is 33.6 Å². The van der Waals surface area contributed by atoms with Crippen molar-refractivity contribution in [1.82, 2.24) is 5.43 Å². The summed E-state index contributed by atoms with van der Waals surface area (Å²) in [7, 11) is 3.44. The molecule has 0 saturated heterocycles. The van der Waals surface area contributed by atoms with Crippen molar-refractivity contribution >= 4 is 6.21 Å². The molecule has 1 rings (SSSR count). The van der Waals surface area contributed by atoms with Crippen molar-refractivity contribution in [2.45, 2.75) is 6.92 Å². The van der Waals surface area contributed by atoms with Crippen LogP contribution in [0.15, 0.2) is 23.3 Å². The highest BCUT2D eigenvalue weighted by Gasteiger charge is 1.97. The third kappa shape index (κ3) is 2.47. The molecule has 0 unspecified atom stereocenters. The predicted molar refractivity (Wildman–Crippen MR) is 54.4 cm³/mol. The molecule has 0 fully saturated rings. The highest BCUT2D eigenvalue weighted by molar-refractivity contribution is 5.80. The van der Waals surface area contributed by atoms with Gasteiger partial charge in [-0.05, 0) is 36.2 Å². The number of nitrogens with one attached hydrogen (secondary N) is 1. The zero-order valence-corrected chi connectivity index (χ0v) is 8.16. The second kappa shape index (κ2) is 4.50. The summed E-state index contributed by atoms with van der Waals surface area (Å²) in [4.78, 5) is 0. The average molecular weight is 178 g/mol. The van der Waals surface area contributed by atoms with Crippen LogP contribution in [0.1, 0.15) is 11.1 Å². The number of hydrazone groups is 1. The first-order chi connectivity index (χ1) is 6.27. The fraction of sp³-hybridized carbons (Fsp3) is 0.300. The van der Waals surface area contributed by atoms with Gasteiger partial charge >= 0.3 is 0 Å². The van der Waals surface area contributed by atoms with Gasteiger partial charge in [-0.3, -0.25) is 0 Å². The van der Waals surface area contributed by atoms with Gasteiger partial charge in [-0.25, -0.2) is 0 Å². The number of hydrogen-bond acceptors (Lipinski definition) is 3. The second-order valence-electron chi connectivity index (χ2n) is 2.71. The largest absolute Gasteiger partial charge is 0.496 e. The van der Waals surface area contributed by atoms with Crippen LogP contribution in [0.2, 0.25) is 0 Å². The Labute approximate surface area is 78.4 Å². The summed E-state index contributed by atoms with van der Waals surface area (Å²) >= 11 is 0. The van der Waals surface area contributed by atoms with E-state index in [1.54, 1.807) is 20.4 Å². The molecule has 0 aliphatic rings. The third-order valence-corrected chi connectivity index (χ3v) is 1.76. The van der Waals surface area contributed by atoms with E-state index in [1.165, 1.54) is 0 Å². The van der Waals surface area contributed by atoms with E-state index in [4.69, 9.17) is 4.74 Å². The Morgan fingerprint density at radius 1 is 1.46 bits per heavy atom. The number of methoxy groups -OCH3 is 1. The van der Waals surface area contributed by atoms with E-state index >= 15 is 0 Å². The van der Waals surface area contributed by atoms with Crippen LogP contribution in [-0.2, 0) is 0 Å². The minimum absolute atomic E-state index is 0.904. The summed E-state index contributed by atoms with van der Waals surface area (Å²) in [5, 5.41) is 3.92. The quantitative estimate of drug-likeness (QED) is 0.563. The van der Waals surface area contributed by atoms with Crippen LogP contribution in [0.3, 0.4) is 0 Å². The van der Waals surface area contributed by atoms with Crippen LogP contribution in [0.25, 0.3) is 0 Å². The van der Waals surface area contributed by atoms with Gasteiger partial charge in [0.1, 0.15) is 5.75 Å². The van der Waals surface area contributed by atoms with Crippen molar-refractivity contribution in [3.8, 4) is 5.75 Å². The van der Waals surface area contributed by atoms with Crippen LogP contribution in [-0.4, -0.2) is 20.4 Å². The van der Waals surface area contributed by atoms with Gasteiger partial charge in [0.05, 0.1) is 13.3 Å². The van der Waals surface area contributed by atoms with Crippen LogP contribution in [0.4, 0.5) is 0 Å². The van der Waals surface area contributed by atoms with E-state index < -0.39 is 0 Å². The lowest BCUT2D eigenvalue weighted by Gasteiger charge is -2.04. The highest BCUT2D eigenvalue weighted by Crippen LogP contribution is 2.17. The summed E-state index contributed by atoms with van der Waals surface area (Å²) < 4.78 is 5.14. The van der Waals surface area contributed by atoms with E-state index in [9.17, 15) is 0 Å². The molecule has 3 heteroatoms. The van der Waals surface area contributed by atoms with Gasteiger partial charge < -0.3 is 10.2 Å². The molecular weight excluding hydrogens is 164 g/mol. The SMILES string of the molecule is CN/N=C/c1ccc(OC)c(C)c1. The fourth-order valence-electron chi connectivity index (χ4n) is 1.12.